The Kier molecular flexibility index (Phi) is 2.61. The fraction of sp³-hybridized carbons (Fsp3) is 0.412. The Bertz CT molecular complexity index is 814. The van der Waals surface area contributed by atoms with Crippen LogP contribution in [0, 0.1) is 0 Å². The second kappa shape index (κ2) is 4.08. The van der Waals surface area contributed by atoms with Crippen molar-refractivity contribution < 1.29 is 0 Å². The van der Waals surface area contributed by atoms with Crippen LogP contribution in [0.4, 0.5) is 0 Å². The highest BCUT2D eigenvalue weighted by Gasteiger charge is 2.45. The van der Waals surface area contributed by atoms with E-state index in [-0.39, 0.29) is 4.75 Å². The van der Waals surface area contributed by atoms with Crippen LogP contribution in [-0.2, 0) is 6.42 Å². The van der Waals surface area contributed by atoms with Gasteiger partial charge in [-0.15, -0.1) is 46.6 Å². The van der Waals surface area contributed by atoms with E-state index in [0.717, 1.165) is 0 Å². The maximum absolute atomic E-state index is 2.49. The first-order valence-electron chi connectivity index (χ1n) is 7.26. The van der Waals surface area contributed by atoms with E-state index < -0.39 is 0 Å². The lowest BCUT2D eigenvalue weighted by atomic mass is 10.00. The predicted octanol–water partition coefficient (Wildman–Crippen LogP) is 6.49. The summed E-state index contributed by atoms with van der Waals surface area (Å²) in [4.78, 5) is 4.68. The summed E-state index contributed by atoms with van der Waals surface area (Å²) in [5.74, 6) is 0. The third-order valence-corrected chi connectivity index (χ3v) is 10.0. The van der Waals surface area contributed by atoms with Gasteiger partial charge in [0.1, 0.15) is 0 Å². The SMILES string of the molecule is CC1(C)Cc2sc3cc4c(cc3c2S1)SC1(C)C=CSC41. The van der Waals surface area contributed by atoms with E-state index in [9.17, 15) is 0 Å². The number of fused-ring (bicyclic) bond motifs is 6. The van der Waals surface area contributed by atoms with Crippen LogP contribution in [0.1, 0.15) is 36.5 Å². The molecule has 0 saturated carbocycles. The van der Waals surface area contributed by atoms with Crippen molar-refractivity contribution in [2.24, 2.45) is 0 Å². The van der Waals surface area contributed by atoms with Crippen molar-refractivity contribution >= 4 is 56.7 Å². The van der Waals surface area contributed by atoms with Gasteiger partial charge in [0.2, 0.25) is 0 Å². The largest absolute Gasteiger partial charge is 0.139 e. The molecule has 4 heterocycles. The number of hydrogen-bond acceptors (Lipinski definition) is 4. The van der Waals surface area contributed by atoms with Gasteiger partial charge in [-0.25, -0.2) is 0 Å². The molecule has 0 radical (unpaired) electrons. The molecule has 4 heteroatoms. The first-order chi connectivity index (χ1) is 9.95. The summed E-state index contributed by atoms with van der Waals surface area (Å²) in [6, 6.07) is 4.97. The maximum atomic E-state index is 2.49. The molecule has 5 rings (SSSR count). The van der Waals surface area contributed by atoms with Gasteiger partial charge in [-0.3, -0.25) is 0 Å². The molecule has 1 aromatic carbocycles. The smallest absolute Gasteiger partial charge is 0.0533 e. The summed E-state index contributed by atoms with van der Waals surface area (Å²) in [5, 5.41) is 4.41. The number of hydrogen-bond donors (Lipinski definition) is 0. The molecule has 2 unspecified atom stereocenters. The molecule has 0 amide bonds. The summed E-state index contributed by atoms with van der Waals surface area (Å²) >= 11 is 8.16. The molecule has 0 bridgehead atoms. The minimum absolute atomic E-state index is 0.270. The van der Waals surface area contributed by atoms with E-state index in [4.69, 9.17) is 0 Å². The third-order valence-electron chi connectivity index (χ3n) is 4.55. The van der Waals surface area contributed by atoms with E-state index in [2.05, 4.69) is 67.9 Å². The molecule has 21 heavy (non-hydrogen) atoms. The van der Waals surface area contributed by atoms with Gasteiger partial charge >= 0.3 is 0 Å². The van der Waals surface area contributed by atoms with Gasteiger partial charge in [-0.1, -0.05) is 6.08 Å². The molecule has 0 nitrogen and oxygen atoms in total. The Morgan fingerprint density at radius 3 is 2.86 bits per heavy atom. The van der Waals surface area contributed by atoms with Crippen LogP contribution in [0.5, 0.6) is 0 Å². The molecule has 0 saturated heterocycles. The Morgan fingerprint density at radius 2 is 2.00 bits per heavy atom. The highest BCUT2D eigenvalue weighted by atomic mass is 32.2. The molecule has 0 N–H and O–H groups in total. The van der Waals surface area contributed by atoms with Crippen molar-refractivity contribution in [3.05, 3.63) is 34.1 Å². The topological polar surface area (TPSA) is 0 Å². The van der Waals surface area contributed by atoms with Crippen LogP contribution in [0.2, 0.25) is 0 Å². The van der Waals surface area contributed by atoms with Crippen molar-refractivity contribution in [2.45, 2.75) is 51.7 Å². The van der Waals surface area contributed by atoms with Gasteiger partial charge in [0, 0.05) is 29.5 Å². The highest BCUT2D eigenvalue weighted by Crippen LogP contribution is 2.63. The first-order valence-corrected chi connectivity index (χ1v) is 10.6. The number of thioether (sulfide) groups is 3. The van der Waals surface area contributed by atoms with Crippen LogP contribution in [0.15, 0.2) is 33.4 Å². The van der Waals surface area contributed by atoms with Gasteiger partial charge in [0.15, 0.2) is 0 Å². The molecule has 1 aromatic heterocycles. The predicted molar refractivity (Wildman–Crippen MR) is 99.2 cm³/mol. The van der Waals surface area contributed by atoms with Crippen LogP contribution in [0.3, 0.4) is 0 Å². The van der Waals surface area contributed by atoms with Crippen LogP contribution in [-0.4, -0.2) is 9.49 Å². The minimum Gasteiger partial charge on any atom is -0.139 e. The molecule has 3 aliphatic heterocycles. The van der Waals surface area contributed by atoms with Crippen molar-refractivity contribution in [2.75, 3.05) is 0 Å². The Labute approximate surface area is 142 Å². The molecule has 2 aromatic rings. The highest BCUT2D eigenvalue weighted by molar-refractivity contribution is 8.07. The van der Waals surface area contributed by atoms with Crippen molar-refractivity contribution in [1.82, 2.24) is 0 Å². The minimum atomic E-state index is 0.270. The average Bonchev–Trinajstić information content (AvgIpc) is 3.04. The summed E-state index contributed by atoms with van der Waals surface area (Å²) in [5.41, 5.74) is 1.56. The zero-order chi connectivity index (χ0) is 14.4. The zero-order valence-corrected chi connectivity index (χ0v) is 15.5. The van der Waals surface area contributed by atoms with E-state index >= 15 is 0 Å². The van der Waals surface area contributed by atoms with Crippen molar-refractivity contribution in [3.63, 3.8) is 0 Å². The Hall–Kier alpha value is -0.0300. The number of thiophene rings is 1. The summed E-state index contributed by atoms with van der Waals surface area (Å²) in [6.07, 6.45) is 3.62. The Morgan fingerprint density at radius 1 is 1.14 bits per heavy atom. The van der Waals surface area contributed by atoms with E-state index in [1.807, 2.05) is 23.1 Å². The molecular weight excluding hydrogens is 332 g/mol. The van der Waals surface area contributed by atoms with Crippen LogP contribution >= 0.6 is 46.6 Å². The normalized spacial score (nSPS) is 31.7. The summed E-state index contributed by atoms with van der Waals surface area (Å²) in [6.45, 7) is 7.12. The molecule has 108 valence electrons. The third kappa shape index (κ3) is 1.79. The lowest BCUT2D eigenvalue weighted by Gasteiger charge is -2.20. The van der Waals surface area contributed by atoms with E-state index in [0.29, 0.717) is 10.00 Å². The Balaban J connectivity index is 1.70. The van der Waals surface area contributed by atoms with Gasteiger partial charge < -0.3 is 0 Å². The molecule has 3 aliphatic rings. The maximum Gasteiger partial charge on any atom is 0.0533 e. The molecule has 0 aliphatic carbocycles. The summed E-state index contributed by atoms with van der Waals surface area (Å²) < 4.78 is 2.15. The molecule has 0 spiro atoms. The second-order valence-corrected chi connectivity index (χ2v) is 12.3. The number of benzene rings is 1. The van der Waals surface area contributed by atoms with Gasteiger partial charge in [-0.2, -0.15) is 0 Å². The van der Waals surface area contributed by atoms with E-state index in [1.165, 1.54) is 21.4 Å². The summed E-state index contributed by atoms with van der Waals surface area (Å²) in [7, 11) is 0. The lowest BCUT2D eigenvalue weighted by molar-refractivity contribution is 0.731. The molecule has 0 fully saturated rings. The quantitative estimate of drug-likeness (QED) is 0.534. The van der Waals surface area contributed by atoms with Gasteiger partial charge in [0.25, 0.3) is 0 Å². The standard InChI is InChI=1S/C17H16S4/c1-16(2)8-13-14(21-16)9-6-12-10(7-11(9)19-13)15-17(3,20-12)4-5-18-15/h4-7,15H,8H2,1-3H3. The first kappa shape index (κ1) is 13.4. The fourth-order valence-corrected chi connectivity index (χ4v) is 9.56. The fourth-order valence-electron chi connectivity index (χ4n) is 3.57. The van der Waals surface area contributed by atoms with Crippen LogP contribution in [0.25, 0.3) is 10.1 Å². The van der Waals surface area contributed by atoms with Crippen LogP contribution < -0.4 is 0 Å². The van der Waals surface area contributed by atoms with Crippen molar-refractivity contribution in [3.8, 4) is 0 Å². The number of rotatable bonds is 0. The lowest BCUT2D eigenvalue weighted by Crippen LogP contribution is -2.15. The van der Waals surface area contributed by atoms with E-state index in [1.54, 1.807) is 15.3 Å². The monoisotopic (exact) mass is 348 g/mol. The van der Waals surface area contributed by atoms with Gasteiger partial charge in [-0.05, 0) is 50.3 Å². The average molecular weight is 349 g/mol. The van der Waals surface area contributed by atoms with Gasteiger partial charge in [0.05, 0.1) is 10.00 Å². The zero-order valence-electron chi connectivity index (χ0n) is 12.2. The molecule has 2 atom stereocenters. The second-order valence-electron chi connectivity index (χ2n) is 6.88. The molecular formula is C17H16S4. The van der Waals surface area contributed by atoms with Crippen molar-refractivity contribution in [1.29, 1.82) is 0 Å².